The number of ether oxygens (including phenoxy) is 1. The first-order valence-corrected chi connectivity index (χ1v) is 6.70. The highest BCUT2D eigenvalue weighted by Gasteiger charge is 2.12. The van der Waals surface area contributed by atoms with Gasteiger partial charge in [-0.1, -0.05) is 34.1 Å². The lowest BCUT2D eigenvalue weighted by molar-refractivity contribution is 0.0782. The van der Waals surface area contributed by atoms with Crippen LogP contribution in [0.15, 0.2) is 28.7 Å². The second-order valence-corrected chi connectivity index (χ2v) is 5.04. The number of hydrogen-bond acceptors (Lipinski definition) is 2. The predicted octanol–water partition coefficient (Wildman–Crippen LogP) is 2.76. The summed E-state index contributed by atoms with van der Waals surface area (Å²) in [5.74, 6) is 0. The van der Waals surface area contributed by atoms with E-state index < -0.39 is 0 Å². The molecule has 1 fully saturated rings. The number of rotatable bonds is 4. The van der Waals surface area contributed by atoms with Gasteiger partial charge in [-0.3, -0.25) is 0 Å². The molecule has 1 aromatic rings. The van der Waals surface area contributed by atoms with Gasteiger partial charge in [-0.2, -0.15) is 0 Å². The van der Waals surface area contributed by atoms with E-state index in [0.717, 1.165) is 39.0 Å². The van der Waals surface area contributed by atoms with E-state index >= 15 is 0 Å². The minimum absolute atomic E-state index is 0.649. The minimum atomic E-state index is 0.649. The Morgan fingerprint density at radius 3 is 2.75 bits per heavy atom. The van der Waals surface area contributed by atoms with E-state index in [-0.39, 0.29) is 0 Å². The average molecular weight is 284 g/mol. The van der Waals surface area contributed by atoms with Crippen LogP contribution in [0.1, 0.15) is 18.4 Å². The maximum atomic E-state index is 5.34. The first kappa shape index (κ1) is 12.1. The molecule has 1 aliphatic rings. The van der Waals surface area contributed by atoms with Crippen LogP contribution in [-0.4, -0.2) is 25.8 Å². The van der Waals surface area contributed by atoms with Crippen molar-refractivity contribution in [2.75, 3.05) is 19.8 Å². The maximum absolute atomic E-state index is 5.34. The van der Waals surface area contributed by atoms with Crippen LogP contribution in [-0.2, 0) is 11.2 Å². The van der Waals surface area contributed by atoms with Crippen LogP contribution >= 0.6 is 15.9 Å². The second-order valence-electron chi connectivity index (χ2n) is 4.18. The molecule has 2 rings (SSSR count). The molecule has 1 heterocycles. The van der Waals surface area contributed by atoms with Crippen LogP contribution in [0.5, 0.6) is 0 Å². The van der Waals surface area contributed by atoms with Gasteiger partial charge < -0.3 is 10.1 Å². The molecule has 1 aromatic carbocycles. The monoisotopic (exact) mass is 283 g/mol. The molecule has 0 atom stereocenters. The van der Waals surface area contributed by atoms with Gasteiger partial charge in [-0.05, 0) is 37.4 Å². The van der Waals surface area contributed by atoms with Gasteiger partial charge in [0.15, 0.2) is 0 Å². The first-order valence-electron chi connectivity index (χ1n) is 5.91. The van der Waals surface area contributed by atoms with E-state index in [2.05, 4.69) is 45.5 Å². The normalized spacial score (nSPS) is 17.6. The summed E-state index contributed by atoms with van der Waals surface area (Å²) in [5, 5.41) is 3.60. The SMILES string of the molecule is Brc1ccccc1CCNC1CCOCC1. The van der Waals surface area contributed by atoms with E-state index in [1.165, 1.54) is 10.0 Å². The summed E-state index contributed by atoms with van der Waals surface area (Å²) in [6, 6.07) is 9.07. The summed E-state index contributed by atoms with van der Waals surface area (Å²) in [5.41, 5.74) is 1.38. The molecule has 3 heteroatoms. The summed E-state index contributed by atoms with van der Waals surface area (Å²) < 4.78 is 6.55. The summed E-state index contributed by atoms with van der Waals surface area (Å²) in [4.78, 5) is 0. The smallest absolute Gasteiger partial charge is 0.0480 e. The highest BCUT2D eigenvalue weighted by molar-refractivity contribution is 9.10. The van der Waals surface area contributed by atoms with Crippen molar-refractivity contribution in [2.45, 2.75) is 25.3 Å². The Hall–Kier alpha value is -0.380. The van der Waals surface area contributed by atoms with Crippen molar-refractivity contribution in [1.29, 1.82) is 0 Å². The van der Waals surface area contributed by atoms with Gasteiger partial charge in [0.2, 0.25) is 0 Å². The first-order chi connectivity index (χ1) is 7.86. The van der Waals surface area contributed by atoms with E-state index in [1.807, 2.05) is 0 Å². The van der Waals surface area contributed by atoms with Crippen molar-refractivity contribution >= 4 is 15.9 Å². The van der Waals surface area contributed by atoms with E-state index in [9.17, 15) is 0 Å². The van der Waals surface area contributed by atoms with Crippen molar-refractivity contribution < 1.29 is 4.74 Å². The Labute approximate surface area is 106 Å². The zero-order valence-electron chi connectivity index (χ0n) is 9.42. The van der Waals surface area contributed by atoms with Crippen molar-refractivity contribution in [3.63, 3.8) is 0 Å². The lowest BCUT2D eigenvalue weighted by Crippen LogP contribution is -2.35. The molecule has 0 radical (unpaired) electrons. The molecule has 0 spiro atoms. The molecule has 0 aliphatic carbocycles. The minimum Gasteiger partial charge on any atom is -0.381 e. The third-order valence-electron chi connectivity index (χ3n) is 3.01. The fourth-order valence-electron chi connectivity index (χ4n) is 2.01. The van der Waals surface area contributed by atoms with E-state index in [4.69, 9.17) is 4.74 Å². The highest BCUT2D eigenvalue weighted by atomic mass is 79.9. The molecule has 1 saturated heterocycles. The van der Waals surface area contributed by atoms with Gasteiger partial charge in [0.25, 0.3) is 0 Å². The van der Waals surface area contributed by atoms with Crippen molar-refractivity contribution in [1.82, 2.24) is 5.32 Å². The molecule has 0 unspecified atom stereocenters. The molecular formula is C13H18BrNO. The fraction of sp³-hybridized carbons (Fsp3) is 0.538. The molecule has 88 valence electrons. The van der Waals surface area contributed by atoms with Crippen LogP contribution in [0.4, 0.5) is 0 Å². The van der Waals surface area contributed by atoms with Gasteiger partial charge in [0, 0.05) is 23.7 Å². The molecule has 1 N–H and O–H groups in total. The third-order valence-corrected chi connectivity index (χ3v) is 3.78. The van der Waals surface area contributed by atoms with Crippen LogP contribution < -0.4 is 5.32 Å². The molecule has 16 heavy (non-hydrogen) atoms. The lowest BCUT2D eigenvalue weighted by atomic mass is 10.1. The van der Waals surface area contributed by atoms with Gasteiger partial charge >= 0.3 is 0 Å². The predicted molar refractivity (Wildman–Crippen MR) is 69.7 cm³/mol. The van der Waals surface area contributed by atoms with Gasteiger partial charge in [-0.25, -0.2) is 0 Å². The van der Waals surface area contributed by atoms with Gasteiger partial charge in [0.05, 0.1) is 0 Å². The molecule has 0 aromatic heterocycles. The Morgan fingerprint density at radius 2 is 2.00 bits per heavy atom. The van der Waals surface area contributed by atoms with Crippen molar-refractivity contribution in [2.24, 2.45) is 0 Å². The number of hydrogen-bond donors (Lipinski definition) is 1. The van der Waals surface area contributed by atoms with Crippen LogP contribution in [0.3, 0.4) is 0 Å². The summed E-state index contributed by atoms with van der Waals surface area (Å²) in [7, 11) is 0. The summed E-state index contributed by atoms with van der Waals surface area (Å²) in [6.07, 6.45) is 3.38. The fourth-order valence-corrected chi connectivity index (χ4v) is 2.50. The zero-order chi connectivity index (χ0) is 11.2. The molecule has 1 aliphatic heterocycles. The second kappa shape index (κ2) is 6.38. The Bertz CT molecular complexity index is 323. The zero-order valence-corrected chi connectivity index (χ0v) is 11.0. The largest absolute Gasteiger partial charge is 0.381 e. The molecule has 0 amide bonds. The van der Waals surface area contributed by atoms with E-state index in [1.54, 1.807) is 0 Å². The topological polar surface area (TPSA) is 21.3 Å². The highest BCUT2D eigenvalue weighted by Crippen LogP contribution is 2.16. The average Bonchev–Trinajstić information content (AvgIpc) is 2.33. The van der Waals surface area contributed by atoms with Crippen LogP contribution in [0.2, 0.25) is 0 Å². The lowest BCUT2D eigenvalue weighted by Gasteiger charge is -2.23. The quantitative estimate of drug-likeness (QED) is 0.918. The van der Waals surface area contributed by atoms with Crippen molar-refractivity contribution in [3.05, 3.63) is 34.3 Å². The third kappa shape index (κ3) is 3.58. The molecule has 2 nitrogen and oxygen atoms in total. The number of halogens is 1. The number of nitrogens with one attached hydrogen (secondary N) is 1. The number of benzene rings is 1. The van der Waals surface area contributed by atoms with Crippen LogP contribution in [0.25, 0.3) is 0 Å². The standard InChI is InChI=1S/C13H18BrNO/c14-13-4-2-1-3-11(13)5-8-15-12-6-9-16-10-7-12/h1-4,12,15H,5-10H2. The Balaban J connectivity index is 1.73. The van der Waals surface area contributed by atoms with Crippen molar-refractivity contribution in [3.8, 4) is 0 Å². The Morgan fingerprint density at radius 1 is 1.25 bits per heavy atom. The molecule has 0 saturated carbocycles. The summed E-state index contributed by atoms with van der Waals surface area (Å²) >= 11 is 3.57. The maximum Gasteiger partial charge on any atom is 0.0480 e. The Kier molecular flexibility index (Phi) is 4.82. The molecule has 0 bridgehead atoms. The van der Waals surface area contributed by atoms with Crippen LogP contribution in [0, 0.1) is 0 Å². The molecular weight excluding hydrogens is 266 g/mol. The summed E-state index contributed by atoms with van der Waals surface area (Å²) in [6.45, 7) is 2.87. The van der Waals surface area contributed by atoms with Gasteiger partial charge in [-0.15, -0.1) is 0 Å². The van der Waals surface area contributed by atoms with E-state index in [0.29, 0.717) is 6.04 Å². The van der Waals surface area contributed by atoms with Gasteiger partial charge in [0.1, 0.15) is 0 Å².